The van der Waals surface area contributed by atoms with E-state index in [1.54, 1.807) is 24.3 Å². The van der Waals surface area contributed by atoms with Crippen molar-refractivity contribution in [2.45, 2.75) is 19.3 Å². The molecule has 0 aromatic heterocycles. The number of nitrogens with one attached hydrogen (secondary N) is 1. The highest BCUT2D eigenvalue weighted by molar-refractivity contribution is 5.94. The molecule has 0 unspecified atom stereocenters. The van der Waals surface area contributed by atoms with Crippen LogP contribution in [0.3, 0.4) is 0 Å². The minimum absolute atomic E-state index is 0.0938. The number of aliphatic imine (C=N–C) groups is 1. The van der Waals surface area contributed by atoms with Gasteiger partial charge in [0.1, 0.15) is 0 Å². The number of rotatable bonds is 5. The van der Waals surface area contributed by atoms with Crippen molar-refractivity contribution < 1.29 is 9.59 Å². The van der Waals surface area contributed by atoms with Crippen LogP contribution in [0, 0.1) is 0 Å². The number of benzene rings is 1. The first kappa shape index (κ1) is 14.4. The molecule has 5 nitrogen and oxygen atoms in total. The maximum absolute atomic E-state index is 11.9. The summed E-state index contributed by atoms with van der Waals surface area (Å²) in [6.07, 6.45) is 5.30. The van der Waals surface area contributed by atoms with Gasteiger partial charge in [0.05, 0.1) is 5.69 Å². The molecule has 1 aromatic carbocycles. The Labute approximate surface area is 118 Å². The Hall–Kier alpha value is -1.97. The van der Waals surface area contributed by atoms with E-state index >= 15 is 0 Å². The molecule has 0 aliphatic carbocycles. The smallest absolute Gasteiger partial charge is 0.251 e. The lowest BCUT2D eigenvalue weighted by atomic mass is 10.1. The maximum atomic E-state index is 11.9. The van der Waals surface area contributed by atoms with Crippen LogP contribution in [0.25, 0.3) is 0 Å². The molecule has 1 aliphatic heterocycles. The van der Waals surface area contributed by atoms with Crippen molar-refractivity contribution >= 4 is 17.7 Å². The average molecular weight is 273 g/mol. The molecular weight excluding hydrogens is 254 g/mol. The number of amides is 1. The quantitative estimate of drug-likeness (QED) is 0.658. The fraction of sp³-hybridized carbons (Fsp3) is 0.467. The summed E-state index contributed by atoms with van der Waals surface area (Å²) in [4.78, 5) is 27.9. The first-order chi connectivity index (χ1) is 9.79. The molecule has 106 valence electrons. The summed E-state index contributed by atoms with van der Waals surface area (Å²) in [6, 6.07) is 6.58. The van der Waals surface area contributed by atoms with Gasteiger partial charge in [0, 0.05) is 18.7 Å². The van der Waals surface area contributed by atoms with E-state index in [0.717, 1.165) is 19.6 Å². The summed E-state index contributed by atoms with van der Waals surface area (Å²) in [7, 11) is 0. The van der Waals surface area contributed by atoms with Crippen LogP contribution in [-0.2, 0) is 4.79 Å². The molecule has 1 saturated heterocycles. The molecule has 0 atom stereocenters. The first-order valence-corrected chi connectivity index (χ1v) is 6.98. The van der Waals surface area contributed by atoms with E-state index in [0.29, 0.717) is 17.8 Å². The van der Waals surface area contributed by atoms with E-state index in [-0.39, 0.29) is 5.91 Å². The average Bonchev–Trinajstić information content (AvgIpc) is 2.49. The number of likely N-dealkylation sites (tertiary alicyclic amines) is 1. The minimum atomic E-state index is -0.0938. The van der Waals surface area contributed by atoms with Crippen molar-refractivity contribution in [1.82, 2.24) is 10.2 Å². The third kappa shape index (κ3) is 4.30. The summed E-state index contributed by atoms with van der Waals surface area (Å²) in [6.45, 7) is 3.83. The highest BCUT2D eigenvalue weighted by Crippen LogP contribution is 2.12. The van der Waals surface area contributed by atoms with Gasteiger partial charge >= 0.3 is 0 Å². The van der Waals surface area contributed by atoms with Gasteiger partial charge in [-0.1, -0.05) is 6.42 Å². The number of isocyanates is 1. The van der Waals surface area contributed by atoms with Gasteiger partial charge in [-0.05, 0) is 50.2 Å². The SMILES string of the molecule is O=C=Nc1ccc(C(=O)NCCN2CCCCC2)cc1. The summed E-state index contributed by atoms with van der Waals surface area (Å²) in [5.41, 5.74) is 1.08. The van der Waals surface area contributed by atoms with Crippen LogP contribution in [0.1, 0.15) is 29.6 Å². The van der Waals surface area contributed by atoms with Gasteiger partial charge < -0.3 is 10.2 Å². The first-order valence-electron chi connectivity index (χ1n) is 6.98. The number of hydrogen-bond donors (Lipinski definition) is 1. The van der Waals surface area contributed by atoms with Gasteiger partial charge in [0.25, 0.3) is 5.91 Å². The van der Waals surface area contributed by atoms with Gasteiger partial charge in [-0.25, -0.2) is 4.79 Å². The van der Waals surface area contributed by atoms with Crippen molar-refractivity contribution in [3.05, 3.63) is 29.8 Å². The number of hydrogen-bond acceptors (Lipinski definition) is 4. The maximum Gasteiger partial charge on any atom is 0.251 e. The monoisotopic (exact) mass is 273 g/mol. The molecule has 5 heteroatoms. The molecule has 1 heterocycles. The fourth-order valence-corrected chi connectivity index (χ4v) is 2.35. The predicted octanol–water partition coefficient (Wildman–Crippen LogP) is 1.87. The fourth-order valence-electron chi connectivity index (χ4n) is 2.35. The van der Waals surface area contributed by atoms with E-state index in [1.165, 1.54) is 25.3 Å². The molecule has 1 aromatic rings. The summed E-state index contributed by atoms with van der Waals surface area (Å²) in [5, 5.41) is 2.91. The number of carbonyl (C=O) groups excluding carboxylic acids is 2. The van der Waals surface area contributed by atoms with E-state index in [4.69, 9.17) is 0 Å². The molecule has 1 aliphatic rings. The number of piperidine rings is 1. The minimum Gasteiger partial charge on any atom is -0.351 e. The molecular formula is C15H19N3O2. The summed E-state index contributed by atoms with van der Waals surface area (Å²) >= 11 is 0. The Morgan fingerprint density at radius 3 is 2.55 bits per heavy atom. The van der Waals surface area contributed by atoms with Crippen LogP contribution in [-0.4, -0.2) is 43.1 Å². The van der Waals surface area contributed by atoms with E-state index in [9.17, 15) is 9.59 Å². The Bertz CT molecular complexity index is 486. The Balaban J connectivity index is 1.77. The highest BCUT2D eigenvalue weighted by atomic mass is 16.1. The molecule has 20 heavy (non-hydrogen) atoms. The Morgan fingerprint density at radius 1 is 1.20 bits per heavy atom. The van der Waals surface area contributed by atoms with Crippen LogP contribution in [0.5, 0.6) is 0 Å². The van der Waals surface area contributed by atoms with Crippen molar-refractivity contribution in [2.24, 2.45) is 4.99 Å². The van der Waals surface area contributed by atoms with Gasteiger partial charge in [-0.15, -0.1) is 0 Å². The van der Waals surface area contributed by atoms with Crippen molar-refractivity contribution in [1.29, 1.82) is 0 Å². The molecule has 0 saturated carbocycles. The second-order valence-electron chi connectivity index (χ2n) is 4.91. The van der Waals surface area contributed by atoms with E-state index < -0.39 is 0 Å². The number of nitrogens with zero attached hydrogens (tertiary/aromatic N) is 2. The number of carbonyl (C=O) groups is 1. The predicted molar refractivity (Wildman–Crippen MR) is 76.8 cm³/mol. The van der Waals surface area contributed by atoms with Gasteiger partial charge in [0.2, 0.25) is 6.08 Å². The van der Waals surface area contributed by atoms with Gasteiger partial charge in [-0.2, -0.15) is 4.99 Å². The van der Waals surface area contributed by atoms with E-state index in [2.05, 4.69) is 15.2 Å². The van der Waals surface area contributed by atoms with Crippen molar-refractivity contribution in [2.75, 3.05) is 26.2 Å². The highest BCUT2D eigenvalue weighted by Gasteiger charge is 2.10. The van der Waals surface area contributed by atoms with Crippen LogP contribution in [0.2, 0.25) is 0 Å². The Morgan fingerprint density at radius 2 is 1.90 bits per heavy atom. The third-order valence-electron chi connectivity index (χ3n) is 3.47. The molecule has 0 bridgehead atoms. The van der Waals surface area contributed by atoms with Crippen LogP contribution >= 0.6 is 0 Å². The van der Waals surface area contributed by atoms with Crippen LogP contribution in [0.15, 0.2) is 29.3 Å². The second kappa shape index (κ2) is 7.58. The normalized spacial score (nSPS) is 15.4. The third-order valence-corrected chi connectivity index (χ3v) is 3.47. The Kier molecular flexibility index (Phi) is 5.47. The molecule has 0 spiro atoms. The summed E-state index contributed by atoms with van der Waals surface area (Å²) in [5.74, 6) is -0.0938. The molecule has 1 fully saturated rings. The van der Waals surface area contributed by atoms with Gasteiger partial charge in [-0.3, -0.25) is 4.79 Å². The lowest BCUT2D eigenvalue weighted by Crippen LogP contribution is -2.37. The molecule has 1 N–H and O–H groups in total. The topological polar surface area (TPSA) is 61.8 Å². The second-order valence-corrected chi connectivity index (χ2v) is 4.91. The lowest BCUT2D eigenvalue weighted by molar-refractivity contribution is 0.0946. The molecule has 1 amide bonds. The van der Waals surface area contributed by atoms with Crippen LogP contribution in [0.4, 0.5) is 5.69 Å². The van der Waals surface area contributed by atoms with Crippen LogP contribution < -0.4 is 5.32 Å². The summed E-state index contributed by atoms with van der Waals surface area (Å²) < 4.78 is 0. The zero-order valence-corrected chi connectivity index (χ0v) is 11.5. The van der Waals surface area contributed by atoms with Gasteiger partial charge in [0.15, 0.2) is 0 Å². The van der Waals surface area contributed by atoms with E-state index in [1.807, 2.05) is 0 Å². The molecule has 0 radical (unpaired) electrons. The zero-order chi connectivity index (χ0) is 14.2. The lowest BCUT2D eigenvalue weighted by Gasteiger charge is -2.26. The van der Waals surface area contributed by atoms with Crippen molar-refractivity contribution in [3.8, 4) is 0 Å². The standard InChI is InChI=1S/C15H19N3O2/c19-12-17-14-6-4-13(5-7-14)15(20)16-8-11-18-9-2-1-3-10-18/h4-7H,1-3,8-11H2,(H,16,20). The zero-order valence-electron chi connectivity index (χ0n) is 11.5. The van der Waals surface area contributed by atoms with Crippen molar-refractivity contribution in [3.63, 3.8) is 0 Å². The molecule has 2 rings (SSSR count). The largest absolute Gasteiger partial charge is 0.351 e.